The lowest BCUT2D eigenvalue weighted by atomic mass is 9.43. The Morgan fingerprint density at radius 1 is 0.849 bits per heavy atom. The number of carbonyl (C=O) groups excluding carboxylic acids is 3. The van der Waals surface area contributed by atoms with Crippen LogP contribution in [0.4, 0.5) is 9.59 Å². The third-order valence-electron chi connectivity index (χ3n) is 12.3. The molecule has 53 heavy (non-hydrogen) atoms. The van der Waals surface area contributed by atoms with Crippen LogP contribution in [-0.4, -0.2) is 88.8 Å². The van der Waals surface area contributed by atoms with Gasteiger partial charge >= 0.3 is 18.2 Å². The van der Waals surface area contributed by atoms with E-state index < -0.39 is 6.09 Å². The van der Waals surface area contributed by atoms with Crippen molar-refractivity contribution in [1.29, 1.82) is 0 Å². The quantitative estimate of drug-likeness (QED) is 0.239. The van der Waals surface area contributed by atoms with Crippen LogP contribution in [0.3, 0.4) is 0 Å². The lowest BCUT2D eigenvalue weighted by Gasteiger charge is -2.65. The predicted octanol–water partition coefficient (Wildman–Crippen LogP) is 5.92. The first-order valence-electron chi connectivity index (χ1n) is 19.1. The molecule has 2 aromatic carbocycles. The van der Waals surface area contributed by atoms with E-state index in [0.717, 1.165) is 43.4 Å². The summed E-state index contributed by atoms with van der Waals surface area (Å²) in [4.78, 5) is 40.8. The maximum atomic E-state index is 13.1. The lowest BCUT2D eigenvalue weighted by Crippen LogP contribution is -2.65. The molecule has 2 heterocycles. The van der Waals surface area contributed by atoms with Crippen LogP contribution in [0.15, 0.2) is 36.4 Å². The van der Waals surface area contributed by atoms with Gasteiger partial charge in [0.1, 0.15) is 6.10 Å². The van der Waals surface area contributed by atoms with Gasteiger partial charge in [-0.2, -0.15) is 0 Å². The van der Waals surface area contributed by atoms with Gasteiger partial charge in [-0.3, -0.25) is 9.69 Å². The number of alkyl carbamates (subject to hydrolysis) is 1. The molecule has 6 aliphatic rings. The van der Waals surface area contributed by atoms with Gasteiger partial charge in [-0.15, -0.1) is 0 Å². The average molecular weight is 734 g/mol. The molecule has 0 spiro atoms. The molecule has 0 radical (unpaired) electrons. The molecule has 2 aliphatic heterocycles. The summed E-state index contributed by atoms with van der Waals surface area (Å²) < 4.78 is 33.4. The number of hydrogen-bond donors (Lipinski definition) is 2. The molecule has 12 heteroatoms. The van der Waals surface area contributed by atoms with E-state index in [-0.39, 0.29) is 41.3 Å². The van der Waals surface area contributed by atoms with Gasteiger partial charge in [0.15, 0.2) is 23.0 Å². The van der Waals surface area contributed by atoms with Crippen molar-refractivity contribution >= 4 is 18.2 Å². The van der Waals surface area contributed by atoms with Crippen molar-refractivity contribution in [1.82, 2.24) is 15.5 Å². The maximum Gasteiger partial charge on any atom is 0.412 e. The van der Waals surface area contributed by atoms with Gasteiger partial charge in [0, 0.05) is 37.6 Å². The van der Waals surface area contributed by atoms with Crippen LogP contribution >= 0.6 is 0 Å². The van der Waals surface area contributed by atoms with Gasteiger partial charge in [0.05, 0.1) is 33.9 Å². The normalized spacial score (nSPS) is 31.5. The van der Waals surface area contributed by atoms with Crippen LogP contribution in [0, 0.1) is 28.6 Å². The predicted molar refractivity (Wildman–Crippen MR) is 197 cm³/mol. The summed E-state index contributed by atoms with van der Waals surface area (Å²) in [5.74, 6) is 2.10. The van der Waals surface area contributed by atoms with E-state index >= 15 is 0 Å². The number of nitrogens with zero attached hydrogens (tertiary/aromatic N) is 1. The van der Waals surface area contributed by atoms with E-state index in [4.69, 9.17) is 28.4 Å². The Hall–Kier alpha value is -4.19. The van der Waals surface area contributed by atoms with Gasteiger partial charge in [-0.1, -0.05) is 26.0 Å². The zero-order valence-corrected chi connectivity index (χ0v) is 31.8. The molecule has 4 aliphatic carbocycles. The summed E-state index contributed by atoms with van der Waals surface area (Å²) in [6, 6.07) is 11.1. The first-order chi connectivity index (χ1) is 25.4. The average Bonchev–Trinajstić information content (AvgIpc) is 3.68. The zero-order valence-electron chi connectivity index (χ0n) is 31.8. The fraction of sp³-hybridized carbons (Fsp3) is 0.634. The van der Waals surface area contributed by atoms with Crippen LogP contribution in [-0.2, 0) is 27.1 Å². The van der Waals surface area contributed by atoms with Gasteiger partial charge in [0.25, 0.3) is 0 Å². The van der Waals surface area contributed by atoms with Crippen LogP contribution in [0.1, 0.15) is 69.9 Å². The topological polar surface area (TPSA) is 134 Å². The molecule has 8 rings (SSSR count). The molecule has 6 fully saturated rings. The summed E-state index contributed by atoms with van der Waals surface area (Å²) in [5.41, 5.74) is 2.41. The fourth-order valence-electron chi connectivity index (χ4n) is 11.1. The van der Waals surface area contributed by atoms with Crippen molar-refractivity contribution in [3.8, 4) is 23.0 Å². The van der Waals surface area contributed by atoms with Crippen LogP contribution in [0.5, 0.6) is 23.0 Å². The number of benzene rings is 2. The van der Waals surface area contributed by atoms with E-state index in [1.54, 1.807) is 26.4 Å². The number of esters is 1. The molecular weight excluding hydrogens is 678 g/mol. The van der Waals surface area contributed by atoms with Gasteiger partial charge in [-0.05, 0) is 110 Å². The Morgan fingerprint density at radius 3 is 2.19 bits per heavy atom. The van der Waals surface area contributed by atoms with E-state index in [0.29, 0.717) is 73.1 Å². The number of amides is 2. The molecule has 2 saturated heterocycles. The second-order valence-corrected chi connectivity index (χ2v) is 17.0. The van der Waals surface area contributed by atoms with E-state index in [9.17, 15) is 14.4 Å². The second-order valence-electron chi connectivity index (χ2n) is 17.0. The van der Waals surface area contributed by atoms with Crippen LogP contribution < -0.4 is 29.6 Å². The minimum Gasteiger partial charge on any atom is -0.493 e. The fourth-order valence-corrected chi connectivity index (χ4v) is 11.1. The van der Waals surface area contributed by atoms with Crippen molar-refractivity contribution < 1.29 is 42.8 Å². The van der Waals surface area contributed by atoms with Gasteiger partial charge in [0.2, 0.25) is 0 Å². The first kappa shape index (κ1) is 37.1. The smallest absolute Gasteiger partial charge is 0.412 e. The van der Waals surface area contributed by atoms with E-state index in [2.05, 4.69) is 29.4 Å². The highest BCUT2D eigenvalue weighted by Crippen LogP contribution is 2.66. The number of nitrogens with one attached hydrogen (secondary N) is 2. The first-order valence-corrected chi connectivity index (χ1v) is 19.1. The van der Waals surface area contributed by atoms with E-state index in [1.807, 2.05) is 24.3 Å². The zero-order chi connectivity index (χ0) is 37.4. The number of methoxy groups -OCH3 is 3. The number of likely N-dealkylation sites (tertiary alicyclic amines) is 1. The van der Waals surface area contributed by atoms with Crippen LogP contribution in [0.2, 0.25) is 0 Å². The SMILES string of the molecule is COc1ccc(C[C@H]2COC(=O)[C@@H]2Cc2ccc(OC(=O)NCCN3CC[C@H](OC(=O)NC45CC6CC(C)(CC(C)(C6)C4)C5)C3)c(OC)c2)cc1OC. The van der Waals surface area contributed by atoms with Crippen molar-refractivity contribution in [2.24, 2.45) is 28.6 Å². The van der Waals surface area contributed by atoms with Gasteiger partial charge in [-0.25, -0.2) is 9.59 Å². The Labute approximate surface area is 312 Å². The highest BCUT2D eigenvalue weighted by atomic mass is 16.6. The Kier molecular flexibility index (Phi) is 10.5. The minimum absolute atomic E-state index is 0.0123. The number of ether oxygens (including phenoxy) is 6. The maximum absolute atomic E-state index is 13.1. The third-order valence-corrected chi connectivity index (χ3v) is 12.3. The molecule has 4 saturated carbocycles. The Bertz CT molecular complexity index is 1680. The summed E-state index contributed by atoms with van der Waals surface area (Å²) in [6.45, 7) is 7.56. The molecule has 2 aromatic rings. The van der Waals surface area contributed by atoms with Crippen molar-refractivity contribution in [2.45, 2.75) is 83.3 Å². The monoisotopic (exact) mass is 733 g/mol. The summed E-state index contributed by atoms with van der Waals surface area (Å²) in [6.07, 6.45) is 7.83. The molecule has 0 aromatic heterocycles. The van der Waals surface area contributed by atoms with Crippen molar-refractivity contribution in [3.63, 3.8) is 0 Å². The van der Waals surface area contributed by atoms with E-state index in [1.165, 1.54) is 26.4 Å². The highest BCUT2D eigenvalue weighted by molar-refractivity contribution is 5.75. The standard InChI is InChI=1S/C41H55N3O9/c1-39-18-28-19-40(2,23-39)25-41(20-28,24-39)43-38(47)52-30-10-12-44(21-30)13-11-42-37(46)53-33-9-7-27(17-35(33)50-5)15-31-29(22-51-36(31)45)14-26-6-8-32(48-3)34(16-26)49-4/h6-9,16-17,28-31H,10-15,18-25H2,1-5H3,(H,42,46)(H,43,47)/t28?,29-,30-,31+,39?,40?,41?/m0/s1. The second kappa shape index (κ2) is 14.9. The lowest BCUT2D eigenvalue weighted by molar-refractivity contribution is -0.141. The van der Waals surface area contributed by atoms with Crippen molar-refractivity contribution in [2.75, 3.05) is 54.1 Å². The highest BCUT2D eigenvalue weighted by Gasteiger charge is 2.60. The molecule has 2 amide bonds. The largest absolute Gasteiger partial charge is 0.493 e. The number of hydrogen-bond acceptors (Lipinski definition) is 10. The number of cyclic esters (lactones) is 1. The summed E-state index contributed by atoms with van der Waals surface area (Å²) in [5, 5.41) is 6.18. The molecule has 4 bridgehead atoms. The third kappa shape index (κ3) is 8.32. The van der Waals surface area contributed by atoms with Gasteiger partial charge < -0.3 is 39.1 Å². The van der Waals surface area contributed by atoms with Crippen LogP contribution in [0.25, 0.3) is 0 Å². The molecule has 288 valence electrons. The summed E-state index contributed by atoms with van der Waals surface area (Å²) in [7, 11) is 4.71. The Balaban J connectivity index is 0.850. The van der Waals surface area contributed by atoms with Crippen molar-refractivity contribution in [3.05, 3.63) is 47.5 Å². The molecule has 2 N–H and O–H groups in total. The minimum atomic E-state index is -0.588. The molecule has 2 unspecified atom stereocenters. The number of rotatable bonds is 13. The number of carbonyl (C=O) groups is 3. The Morgan fingerprint density at radius 2 is 1.51 bits per heavy atom. The molecule has 5 atom stereocenters. The molecular formula is C41H55N3O9. The summed E-state index contributed by atoms with van der Waals surface area (Å²) >= 11 is 0. The molecule has 12 nitrogen and oxygen atoms in total.